The first-order chi connectivity index (χ1) is 8.09. The predicted octanol–water partition coefficient (Wildman–Crippen LogP) is 1.95. The van der Waals surface area contributed by atoms with E-state index in [1.165, 1.54) is 0 Å². The van der Waals surface area contributed by atoms with Gasteiger partial charge in [0.15, 0.2) is 5.75 Å². The Kier molecular flexibility index (Phi) is 3.69. The van der Waals surface area contributed by atoms with Crippen LogP contribution in [0.2, 0.25) is 0 Å². The Labute approximate surface area is 109 Å². The van der Waals surface area contributed by atoms with Gasteiger partial charge in [0.25, 0.3) is 0 Å². The van der Waals surface area contributed by atoms with Gasteiger partial charge >= 0.3 is 0 Å². The van der Waals surface area contributed by atoms with Gasteiger partial charge in [0, 0.05) is 6.54 Å². The van der Waals surface area contributed by atoms with E-state index in [1.807, 2.05) is 6.92 Å². The Morgan fingerprint density at radius 3 is 2.94 bits per heavy atom. The number of phenolic OH excluding ortho intramolecular Hbond substituents is 1. The molecule has 0 unspecified atom stereocenters. The summed E-state index contributed by atoms with van der Waals surface area (Å²) in [5, 5.41) is 15.7. The maximum Gasteiger partial charge on any atom is 0.229 e. The maximum absolute atomic E-state index is 12.0. The van der Waals surface area contributed by atoms with E-state index >= 15 is 0 Å². The molecule has 0 aromatic heterocycles. The third kappa shape index (κ3) is 2.61. The molecule has 2 atom stereocenters. The lowest BCUT2D eigenvalue weighted by Crippen LogP contribution is -2.27. The monoisotopic (exact) mass is 298 g/mol. The van der Waals surface area contributed by atoms with E-state index in [2.05, 4.69) is 26.6 Å². The third-order valence-electron chi connectivity index (χ3n) is 3.10. The van der Waals surface area contributed by atoms with Crippen molar-refractivity contribution < 1.29 is 9.90 Å². The molecule has 1 fully saturated rings. The normalized spacial score (nSPS) is 23.6. The number of rotatable bonds is 2. The SMILES string of the molecule is C[C@@H]1CNC[C@H]1C(=O)Nc1cccc(Br)c1O. The molecule has 17 heavy (non-hydrogen) atoms. The summed E-state index contributed by atoms with van der Waals surface area (Å²) in [6.07, 6.45) is 0. The Bertz CT molecular complexity index is 437. The number of nitrogens with one attached hydrogen (secondary N) is 2. The molecular formula is C12H15BrN2O2. The average molecular weight is 299 g/mol. The molecule has 0 radical (unpaired) electrons. The number of para-hydroxylation sites is 1. The van der Waals surface area contributed by atoms with E-state index in [1.54, 1.807) is 18.2 Å². The quantitative estimate of drug-likeness (QED) is 0.732. The molecule has 3 N–H and O–H groups in total. The Morgan fingerprint density at radius 1 is 1.53 bits per heavy atom. The van der Waals surface area contributed by atoms with E-state index < -0.39 is 0 Å². The fourth-order valence-corrected chi connectivity index (χ4v) is 2.37. The minimum absolute atomic E-state index is 0.0339. The summed E-state index contributed by atoms with van der Waals surface area (Å²) >= 11 is 3.22. The number of carbonyl (C=O) groups is 1. The minimum atomic E-state index is -0.0455. The summed E-state index contributed by atoms with van der Waals surface area (Å²) in [4.78, 5) is 12.0. The Hall–Kier alpha value is -1.07. The molecular weight excluding hydrogens is 284 g/mol. The Morgan fingerprint density at radius 2 is 2.29 bits per heavy atom. The second-order valence-electron chi connectivity index (χ2n) is 4.37. The zero-order chi connectivity index (χ0) is 12.4. The lowest BCUT2D eigenvalue weighted by molar-refractivity contribution is -0.120. The number of amides is 1. The smallest absolute Gasteiger partial charge is 0.229 e. The van der Waals surface area contributed by atoms with Crippen molar-refractivity contribution in [3.05, 3.63) is 22.7 Å². The zero-order valence-electron chi connectivity index (χ0n) is 9.53. The van der Waals surface area contributed by atoms with Gasteiger partial charge in [-0.2, -0.15) is 0 Å². The molecule has 1 saturated heterocycles. The number of hydrogen-bond acceptors (Lipinski definition) is 3. The third-order valence-corrected chi connectivity index (χ3v) is 3.74. The van der Waals surface area contributed by atoms with Crippen molar-refractivity contribution in [1.29, 1.82) is 0 Å². The molecule has 0 bridgehead atoms. The van der Waals surface area contributed by atoms with Crippen LogP contribution in [0, 0.1) is 11.8 Å². The van der Waals surface area contributed by atoms with Crippen molar-refractivity contribution in [2.75, 3.05) is 18.4 Å². The second-order valence-corrected chi connectivity index (χ2v) is 5.22. The van der Waals surface area contributed by atoms with Gasteiger partial charge in [-0.05, 0) is 40.5 Å². The molecule has 2 rings (SSSR count). The number of aromatic hydroxyl groups is 1. The summed E-state index contributed by atoms with van der Waals surface area (Å²) in [5.41, 5.74) is 0.448. The number of hydrogen-bond donors (Lipinski definition) is 3. The molecule has 1 aliphatic rings. The summed E-state index contributed by atoms with van der Waals surface area (Å²) in [6, 6.07) is 5.19. The summed E-state index contributed by atoms with van der Waals surface area (Å²) in [6.45, 7) is 3.61. The molecule has 1 aromatic rings. The molecule has 1 heterocycles. The van der Waals surface area contributed by atoms with Crippen LogP contribution in [0.5, 0.6) is 5.75 Å². The van der Waals surface area contributed by atoms with E-state index in [0.717, 1.165) is 6.54 Å². The van der Waals surface area contributed by atoms with Gasteiger partial charge in [-0.1, -0.05) is 13.0 Å². The molecule has 1 aliphatic heterocycles. The average Bonchev–Trinajstić information content (AvgIpc) is 2.71. The van der Waals surface area contributed by atoms with Crippen LogP contribution in [0.4, 0.5) is 5.69 Å². The van der Waals surface area contributed by atoms with Gasteiger partial charge in [-0.15, -0.1) is 0 Å². The van der Waals surface area contributed by atoms with Crippen LogP contribution in [0.25, 0.3) is 0 Å². The van der Waals surface area contributed by atoms with Crippen molar-refractivity contribution in [1.82, 2.24) is 5.32 Å². The van der Waals surface area contributed by atoms with Gasteiger partial charge in [0.1, 0.15) is 0 Å². The van der Waals surface area contributed by atoms with Crippen LogP contribution in [-0.4, -0.2) is 24.1 Å². The van der Waals surface area contributed by atoms with Gasteiger partial charge in [-0.25, -0.2) is 0 Å². The molecule has 0 aliphatic carbocycles. The summed E-state index contributed by atoms with van der Waals surface area (Å²) < 4.78 is 0.577. The van der Waals surface area contributed by atoms with Crippen LogP contribution >= 0.6 is 15.9 Å². The van der Waals surface area contributed by atoms with Gasteiger partial charge in [0.05, 0.1) is 16.1 Å². The molecule has 4 nitrogen and oxygen atoms in total. The highest BCUT2D eigenvalue weighted by atomic mass is 79.9. The number of benzene rings is 1. The number of anilines is 1. The number of carbonyl (C=O) groups excluding carboxylic acids is 1. The van der Waals surface area contributed by atoms with Gasteiger partial charge < -0.3 is 15.7 Å². The fraction of sp³-hybridized carbons (Fsp3) is 0.417. The summed E-state index contributed by atoms with van der Waals surface area (Å²) in [5.74, 6) is 0.313. The van der Waals surface area contributed by atoms with E-state index in [0.29, 0.717) is 22.6 Å². The zero-order valence-corrected chi connectivity index (χ0v) is 11.1. The molecule has 0 spiro atoms. The molecule has 1 aromatic carbocycles. The van der Waals surface area contributed by atoms with Crippen molar-refractivity contribution in [3.63, 3.8) is 0 Å². The van der Waals surface area contributed by atoms with Crippen molar-refractivity contribution in [2.45, 2.75) is 6.92 Å². The lowest BCUT2D eigenvalue weighted by Gasteiger charge is -2.15. The predicted molar refractivity (Wildman–Crippen MR) is 70.0 cm³/mol. The first-order valence-corrected chi connectivity index (χ1v) is 6.38. The number of phenols is 1. The second kappa shape index (κ2) is 5.06. The summed E-state index contributed by atoms with van der Waals surface area (Å²) in [7, 11) is 0. The van der Waals surface area contributed by atoms with E-state index in [4.69, 9.17) is 0 Å². The molecule has 0 saturated carbocycles. The van der Waals surface area contributed by atoms with Crippen LogP contribution in [-0.2, 0) is 4.79 Å². The van der Waals surface area contributed by atoms with Crippen LogP contribution in [0.1, 0.15) is 6.92 Å². The van der Waals surface area contributed by atoms with Crippen LogP contribution in [0.3, 0.4) is 0 Å². The highest BCUT2D eigenvalue weighted by Crippen LogP contribution is 2.32. The van der Waals surface area contributed by atoms with Crippen LogP contribution < -0.4 is 10.6 Å². The van der Waals surface area contributed by atoms with E-state index in [-0.39, 0.29) is 17.6 Å². The van der Waals surface area contributed by atoms with Crippen molar-refractivity contribution >= 4 is 27.5 Å². The fourth-order valence-electron chi connectivity index (χ4n) is 2.00. The topological polar surface area (TPSA) is 61.4 Å². The molecule has 1 amide bonds. The maximum atomic E-state index is 12.0. The van der Waals surface area contributed by atoms with Gasteiger partial charge in [-0.3, -0.25) is 4.79 Å². The van der Waals surface area contributed by atoms with E-state index in [9.17, 15) is 9.90 Å². The lowest BCUT2D eigenvalue weighted by atomic mass is 9.97. The first-order valence-electron chi connectivity index (χ1n) is 5.58. The number of halogens is 1. The largest absolute Gasteiger partial charge is 0.505 e. The molecule has 92 valence electrons. The Balaban J connectivity index is 2.10. The first kappa shape index (κ1) is 12.4. The van der Waals surface area contributed by atoms with Crippen molar-refractivity contribution in [3.8, 4) is 5.75 Å². The standard InChI is InChI=1S/C12H15BrN2O2/c1-7-5-14-6-8(7)12(17)15-10-4-2-3-9(13)11(10)16/h2-4,7-8,14,16H,5-6H2,1H3,(H,15,17)/t7-,8-/m1/s1. The van der Waals surface area contributed by atoms with Crippen molar-refractivity contribution in [2.24, 2.45) is 11.8 Å². The highest BCUT2D eigenvalue weighted by molar-refractivity contribution is 9.10. The molecule has 5 heteroatoms. The highest BCUT2D eigenvalue weighted by Gasteiger charge is 2.29. The van der Waals surface area contributed by atoms with Gasteiger partial charge in [0.2, 0.25) is 5.91 Å². The van der Waals surface area contributed by atoms with Crippen LogP contribution in [0.15, 0.2) is 22.7 Å². The minimum Gasteiger partial charge on any atom is -0.505 e.